The first-order chi connectivity index (χ1) is 4.31. The summed E-state index contributed by atoms with van der Waals surface area (Å²) in [5, 5.41) is 6.00. The van der Waals surface area contributed by atoms with Crippen LogP contribution in [0.3, 0.4) is 0 Å². The molecule has 0 spiro atoms. The summed E-state index contributed by atoms with van der Waals surface area (Å²) in [5.74, 6) is 0. The summed E-state index contributed by atoms with van der Waals surface area (Å²) in [6.07, 6.45) is 0.863. The highest BCUT2D eigenvalue weighted by Crippen LogP contribution is 1.72. The zero-order valence-electron chi connectivity index (χ0n) is 5.98. The van der Waals surface area contributed by atoms with E-state index in [1.165, 1.54) is 0 Å². The Morgan fingerprint density at radius 3 is 2.78 bits per heavy atom. The van der Waals surface area contributed by atoms with Gasteiger partial charge >= 0.3 is 0 Å². The van der Waals surface area contributed by atoms with Gasteiger partial charge in [0.25, 0.3) is 0 Å². The lowest BCUT2D eigenvalue weighted by atomic mass is 10.3. The third kappa shape index (κ3) is 5.46. The van der Waals surface area contributed by atoms with Gasteiger partial charge < -0.3 is 15.4 Å². The largest absolute Gasteiger partial charge is 0.316 e. The van der Waals surface area contributed by atoms with E-state index in [1.807, 2.05) is 7.05 Å². The Kier molecular flexibility index (Phi) is 5.46. The molecule has 0 radical (unpaired) electrons. The van der Waals surface area contributed by atoms with E-state index in [0.717, 1.165) is 12.8 Å². The summed E-state index contributed by atoms with van der Waals surface area (Å²) < 4.78 is 0. The molecule has 0 saturated carbocycles. The van der Waals surface area contributed by atoms with Gasteiger partial charge in [0.05, 0.1) is 6.54 Å². The third-order valence-electron chi connectivity index (χ3n) is 1.17. The van der Waals surface area contributed by atoms with Gasteiger partial charge in [-0.2, -0.15) is 0 Å². The van der Waals surface area contributed by atoms with Gasteiger partial charge in [-0.1, -0.05) is 0 Å². The van der Waals surface area contributed by atoms with E-state index in [4.69, 9.17) is 0 Å². The van der Waals surface area contributed by atoms with Gasteiger partial charge in [-0.05, 0) is 14.0 Å². The molecule has 3 heteroatoms. The molecule has 0 aliphatic heterocycles. The van der Waals surface area contributed by atoms with Crippen molar-refractivity contribution in [1.29, 1.82) is 0 Å². The van der Waals surface area contributed by atoms with Crippen LogP contribution in [0, 0.1) is 0 Å². The smallest absolute Gasteiger partial charge is 0.133 e. The second kappa shape index (κ2) is 5.72. The van der Waals surface area contributed by atoms with Crippen LogP contribution in [0.4, 0.5) is 0 Å². The minimum atomic E-state index is 0.435. The SMILES string of the molecule is CNC(C)CNCC=O. The number of rotatable bonds is 5. The zero-order chi connectivity index (χ0) is 7.11. The Labute approximate surface area is 55.8 Å². The average Bonchev–Trinajstić information content (AvgIpc) is 1.89. The topological polar surface area (TPSA) is 41.1 Å². The van der Waals surface area contributed by atoms with Crippen molar-refractivity contribution in [2.24, 2.45) is 0 Å². The number of hydrogen-bond donors (Lipinski definition) is 2. The maximum atomic E-state index is 9.79. The molecule has 0 bridgehead atoms. The van der Waals surface area contributed by atoms with Gasteiger partial charge in [0.15, 0.2) is 0 Å². The van der Waals surface area contributed by atoms with E-state index in [1.54, 1.807) is 0 Å². The molecule has 0 rings (SSSR count). The molecule has 1 unspecified atom stereocenters. The molecule has 0 fully saturated rings. The Bertz CT molecular complexity index is 75.5. The highest BCUT2D eigenvalue weighted by atomic mass is 16.1. The summed E-state index contributed by atoms with van der Waals surface area (Å²) in [6.45, 7) is 3.35. The minimum absolute atomic E-state index is 0.435. The summed E-state index contributed by atoms with van der Waals surface area (Å²) in [4.78, 5) is 9.79. The molecule has 3 nitrogen and oxygen atoms in total. The zero-order valence-corrected chi connectivity index (χ0v) is 5.98. The van der Waals surface area contributed by atoms with Crippen LogP contribution in [0.15, 0.2) is 0 Å². The summed E-state index contributed by atoms with van der Waals surface area (Å²) >= 11 is 0. The fourth-order valence-electron chi connectivity index (χ4n) is 0.461. The highest BCUT2D eigenvalue weighted by molar-refractivity contribution is 5.51. The predicted octanol–water partition coefficient (Wildman–Crippen LogP) is -0.617. The molecule has 0 aromatic rings. The molecule has 54 valence electrons. The molecular formula is C6H14N2O. The Morgan fingerprint density at radius 2 is 2.33 bits per heavy atom. The van der Waals surface area contributed by atoms with Crippen LogP contribution in [0.25, 0.3) is 0 Å². The molecule has 1 atom stereocenters. The van der Waals surface area contributed by atoms with Crippen LogP contribution < -0.4 is 10.6 Å². The van der Waals surface area contributed by atoms with Gasteiger partial charge in [0, 0.05) is 12.6 Å². The second-order valence-corrected chi connectivity index (χ2v) is 2.01. The molecular weight excluding hydrogens is 116 g/mol. The van der Waals surface area contributed by atoms with Crippen molar-refractivity contribution in [3.63, 3.8) is 0 Å². The normalized spacial score (nSPS) is 13.1. The number of nitrogens with one attached hydrogen (secondary N) is 2. The van der Waals surface area contributed by atoms with E-state index in [0.29, 0.717) is 12.6 Å². The molecule has 9 heavy (non-hydrogen) atoms. The highest BCUT2D eigenvalue weighted by Gasteiger charge is 1.93. The van der Waals surface area contributed by atoms with Crippen LogP contribution >= 0.6 is 0 Å². The van der Waals surface area contributed by atoms with Crippen molar-refractivity contribution in [2.45, 2.75) is 13.0 Å². The maximum Gasteiger partial charge on any atom is 0.133 e. The van der Waals surface area contributed by atoms with Crippen molar-refractivity contribution in [1.82, 2.24) is 10.6 Å². The lowest BCUT2D eigenvalue weighted by molar-refractivity contribution is -0.107. The molecule has 0 aromatic carbocycles. The summed E-state index contributed by atoms with van der Waals surface area (Å²) in [6, 6.07) is 0.435. The Balaban J connectivity index is 2.96. The van der Waals surface area contributed by atoms with Crippen molar-refractivity contribution < 1.29 is 4.79 Å². The summed E-state index contributed by atoms with van der Waals surface area (Å²) in [5.41, 5.74) is 0. The molecule has 0 aromatic heterocycles. The number of aldehydes is 1. The molecule has 0 saturated heterocycles. The maximum absolute atomic E-state index is 9.79. The fourth-order valence-corrected chi connectivity index (χ4v) is 0.461. The Hall–Kier alpha value is -0.410. The van der Waals surface area contributed by atoms with Gasteiger partial charge in [0.1, 0.15) is 6.29 Å². The summed E-state index contributed by atoms with van der Waals surface area (Å²) in [7, 11) is 1.90. The monoisotopic (exact) mass is 130 g/mol. The predicted molar refractivity (Wildman–Crippen MR) is 37.5 cm³/mol. The number of carbonyl (C=O) groups excluding carboxylic acids is 1. The minimum Gasteiger partial charge on any atom is -0.316 e. The lowest BCUT2D eigenvalue weighted by Gasteiger charge is -2.08. The molecule has 0 aliphatic rings. The molecule has 0 aliphatic carbocycles. The fraction of sp³-hybridized carbons (Fsp3) is 0.833. The van der Waals surface area contributed by atoms with Crippen LogP contribution in [-0.4, -0.2) is 32.5 Å². The van der Waals surface area contributed by atoms with Crippen molar-refractivity contribution >= 4 is 6.29 Å². The number of carbonyl (C=O) groups is 1. The van der Waals surface area contributed by atoms with Crippen LogP contribution in [0.5, 0.6) is 0 Å². The number of hydrogen-bond acceptors (Lipinski definition) is 3. The van der Waals surface area contributed by atoms with E-state index in [-0.39, 0.29) is 0 Å². The molecule has 2 N–H and O–H groups in total. The first-order valence-corrected chi connectivity index (χ1v) is 3.13. The van der Waals surface area contributed by atoms with Gasteiger partial charge in [0.2, 0.25) is 0 Å². The van der Waals surface area contributed by atoms with Crippen LogP contribution in [0.2, 0.25) is 0 Å². The van der Waals surface area contributed by atoms with Crippen molar-refractivity contribution in [2.75, 3.05) is 20.1 Å². The van der Waals surface area contributed by atoms with Crippen molar-refractivity contribution in [3.05, 3.63) is 0 Å². The second-order valence-electron chi connectivity index (χ2n) is 2.01. The standard InChI is InChI=1S/C6H14N2O/c1-6(7-2)5-8-3-4-9/h4,6-8H,3,5H2,1-2H3. The van der Waals surface area contributed by atoms with Gasteiger partial charge in [-0.3, -0.25) is 0 Å². The number of likely N-dealkylation sites (N-methyl/N-ethyl adjacent to an activating group) is 1. The third-order valence-corrected chi connectivity index (χ3v) is 1.17. The van der Waals surface area contributed by atoms with Gasteiger partial charge in [-0.15, -0.1) is 0 Å². The van der Waals surface area contributed by atoms with Gasteiger partial charge in [-0.25, -0.2) is 0 Å². The lowest BCUT2D eigenvalue weighted by Crippen LogP contribution is -2.34. The quantitative estimate of drug-likeness (QED) is 0.385. The average molecular weight is 130 g/mol. The van der Waals surface area contributed by atoms with Crippen LogP contribution in [-0.2, 0) is 4.79 Å². The first kappa shape index (κ1) is 8.59. The van der Waals surface area contributed by atoms with Crippen LogP contribution in [0.1, 0.15) is 6.92 Å². The van der Waals surface area contributed by atoms with E-state index in [2.05, 4.69) is 17.6 Å². The first-order valence-electron chi connectivity index (χ1n) is 3.13. The van der Waals surface area contributed by atoms with E-state index >= 15 is 0 Å². The van der Waals surface area contributed by atoms with Crippen molar-refractivity contribution in [3.8, 4) is 0 Å². The van der Waals surface area contributed by atoms with E-state index < -0.39 is 0 Å². The Morgan fingerprint density at radius 1 is 1.67 bits per heavy atom. The molecule has 0 heterocycles. The van der Waals surface area contributed by atoms with E-state index in [9.17, 15) is 4.79 Å². The molecule has 0 amide bonds.